The molecule has 0 unspecified atom stereocenters. The average Bonchev–Trinajstić information content (AvgIpc) is 2.75. The van der Waals surface area contributed by atoms with Gasteiger partial charge in [0.2, 0.25) is 11.8 Å². The van der Waals surface area contributed by atoms with Crippen LogP contribution in [-0.4, -0.2) is 42.5 Å². The number of carbonyl (C=O) groups is 2. The van der Waals surface area contributed by atoms with Gasteiger partial charge in [-0.05, 0) is 56.6 Å². The minimum absolute atomic E-state index is 0.0265. The first kappa shape index (κ1) is 23.0. The summed E-state index contributed by atoms with van der Waals surface area (Å²) in [7, 11) is 0. The molecular formula is C22H24ClF2N3O3. The highest BCUT2D eigenvalue weighted by atomic mass is 35.5. The van der Waals surface area contributed by atoms with Crippen LogP contribution in [0.5, 0.6) is 5.75 Å². The minimum atomic E-state index is -2.98. The number of nitrogens with one attached hydrogen (secondary N) is 2. The van der Waals surface area contributed by atoms with E-state index in [0.29, 0.717) is 18.8 Å². The van der Waals surface area contributed by atoms with Crippen LogP contribution in [0.4, 0.5) is 20.2 Å². The van der Waals surface area contributed by atoms with Crippen molar-refractivity contribution in [3.8, 4) is 5.75 Å². The lowest BCUT2D eigenvalue weighted by atomic mass is 9.95. The molecule has 0 radical (unpaired) electrons. The summed E-state index contributed by atoms with van der Waals surface area (Å²) in [5.74, 6) is -0.719. The Morgan fingerprint density at radius 1 is 1.13 bits per heavy atom. The predicted octanol–water partition coefficient (Wildman–Crippen LogP) is 4.62. The van der Waals surface area contributed by atoms with E-state index in [0.717, 1.165) is 18.5 Å². The number of anilines is 2. The smallest absolute Gasteiger partial charge is 0.387 e. The molecule has 1 heterocycles. The SMILES string of the molecule is C[C@H](C(=O)Nc1ccc(OC(F)F)c(Cl)c1)N1CCC[C@@H](C(=O)Nc2ccccc2)C1. The van der Waals surface area contributed by atoms with E-state index in [1.54, 1.807) is 6.92 Å². The molecule has 1 fully saturated rings. The molecule has 0 bridgehead atoms. The number of amides is 2. The van der Waals surface area contributed by atoms with Crippen molar-refractivity contribution in [3.63, 3.8) is 0 Å². The van der Waals surface area contributed by atoms with E-state index >= 15 is 0 Å². The summed E-state index contributed by atoms with van der Waals surface area (Å²) in [5.41, 5.74) is 1.12. The lowest BCUT2D eigenvalue weighted by Gasteiger charge is -2.35. The molecule has 0 spiro atoms. The van der Waals surface area contributed by atoms with Crippen LogP contribution in [0.25, 0.3) is 0 Å². The number of ether oxygens (including phenoxy) is 1. The first-order valence-corrected chi connectivity index (χ1v) is 10.4. The molecule has 2 atom stereocenters. The van der Waals surface area contributed by atoms with Crippen molar-refractivity contribution < 1.29 is 23.1 Å². The highest BCUT2D eigenvalue weighted by Gasteiger charge is 2.31. The lowest BCUT2D eigenvalue weighted by molar-refractivity contribution is -0.125. The second-order valence-electron chi connectivity index (χ2n) is 7.38. The highest BCUT2D eigenvalue weighted by Crippen LogP contribution is 2.29. The number of benzene rings is 2. The van der Waals surface area contributed by atoms with Crippen molar-refractivity contribution in [3.05, 3.63) is 53.6 Å². The number of hydrogen-bond donors (Lipinski definition) is 2. The molecule has 166 valence electrons. The van der Waals surface area contributed by atoms with Gasteiger partial charge in [-0.3, -0.25) is 14.5 Å². The number of hydrogen-bond acceptors (Lipinski definition) is 4. The number of nitrogens with zero attached hydrogens (tertiary/aromatic N) is 1. The quantitative estimate of drug-likeness (QED) is 0.644. The van der Waals surface area contributed by atoms with Gasteiger partial charge >= 0.3 is 6.61 Å². The zero-order valence-electron chi connectivity index (χ0n) is 17.0. The molecule has 2 aromatic carbocycles. The molecule has 0 aromatic heterocycles. The van der Waals surface area contributed by atoms with Crippen LogP contribution in [0.3, 0.4) is 0 Å². The van der Waals surface area contributed by atoms with Crippen molar-refractivity contribution in [2.24, 2.45) is 5.92 Å². The Kier molecular flexibility index (Phi) is 7.81. The van der Waals surface area contributed by atoms with Crippen LogP contribution >= 0.6 is 11.6 Å². The molecule has 3 rings (SSSR count). The van der Waals surface area contributed by atoms with E-state index < -0.39 is 12.7 Å². The van der Waals surface area contributed by atoms with Gasteiger partial charge in [0, 0.05) is 17.9 Å². The van der Waals surface area contributed by atoms with E-state index in [2.05, 4.69) is 15.4 Å². The first-order chi connectivity index (χ1) is 14.8. The highest BCUT2D eigenvalue weighted by molar-refractivity contribution is 6.32. The van der Waals surface area contributed by atoms with Crippen molar-refractivity contribution >= 4 is 34.8 Å². The van der Waals surface area contributed by atoms with Crippen molar-refractivity contribution in [2.45, 2.75) is 32.4 Å². The Bertz CT molecular complexity index is 914. The van der Waals surface area contributed by atoms with E-state index in [-0.39, 0.29) is 28.5 Å². The number of para-hydroxylation sites is 1. The van der Waals surface area contributed by atoms with E-state index in [1.165, 1.54) is 18.2 Å². The zero-order chi connectivity index (χ0) is 22.4. The number of rotatable bonds is 7. The molecule has 2 aromatic rings. The third-order valence-electron chi connectivity index (χ3n) is 5.21. The Labute approximate surface area is 184 Å². The number of carbonyl (C=O) groups excluding carboxylic acids is 2. The number of piperidine rings is 1. The zero-order valence-corrected chi connectivity index (χ0v) is 17.7. The van der Waals surface area contributed by atoms with Crippen molar-refractivity contribution in [1.82, 2.24) is 4.90 Å². The summed E-state index contributed by atoms with van der Waals surface area (Å²) < 4.78 is 29.0. The van der Waals surface area contributed by atoms with E-state index in [4.69, 9.17) is 11.6 Å². The minimum Gasteiger partial charge on any atom is -0.433 e. The molecule has 1 aliphatic heterocycles. The normalized spacial score (nSPS) is 17.8. The van der Waals surface area contributed by atoms with Gasteiger partial charge in [-0.25, -0.2) is 0 Å². The molecule has 6 nitrogen and oxygen atoms in total. The first-order valence-electron chi connectivity index (χ1n) is 9.98. The Morgan fingerprint density at radius 2 is 1.87 bits per heavy atom. The molecule has 2 amide bonds. The topological polar surface area (TPSA) is 70.7 Å². The largest absolute Gasteiger partial charge is 0.433 e. The summed E-state index contributed by atoms with van der Waals surface area (Å²) in [5, 5.41) is 5.63. The number of likely N-dealkylation sites (tertiary alicyclic amines) is 1. The van der Waals surface area contributed by atoms with Crippen molar-refractivity contribution in [2.75, 3.05) is 23.7 Å². The second-order valence-corrected chi connectivity index (χ2v) is 7.79. The van der Waals surface area contributed by atoms with E-state index in [1.807, 2.05) is 35.2 Å². The third kappa shape index (κ3) is 6.38. The maximum absolute atomic E-state index is 12.7. The van der Waals surface area contributed by atoms with Crippen LogP contribution in [0.15, 0.2) is 48.5 Å². The van der Waals surface area contributed by atoms with Gasteiger partial charge in [0.1, 0.15) is 5.75 Å². The van der Waals surface area contributed by atoms with Crippen LogP contribution in [0.1, 0.15) is 19.8 Å². The summed E-state index contributed by atoms with van der Waals surface area (Å²) in [6.45, 7) is -0.0483. The van der Waals surface area contributed by atoms with Gasteiger partial charge in [0.05, 0.1) is 17.0 Å². The Hall–Kier alpha value is -2.71. The summed E-state index contributed by atoms with van der Waals surface area (Å²) in [6, 6.07) is 12.8. The molecule has 1 saturated heterocycles. The fraction of sp³-hybridized carbons (Fsp3) is 0.364. The molecule has 9 heteroatoms. The number of halogens is 3. The third-order valence-corrected chi connectivity index (χ3v) is 5.50. The van der Waals surface area contributed by atoms with Gasteiger partial charge in [-0.15, -0.1) is 0 Å². The molecule has 2 N–H and O–H groups in total. The predicted molar refractivity (Wildman–Crippen MR) is 116 cm³/mol. The van der Waals surface area contributed by atoms with Crippen molar-refractivity contribution in [1.29, 1.82) is 0 Å². The van der Waals surface area contributed by atoms with Crippen LogP contribution in [0.2, 0.25) is 5.02 Å². The fourth-order valence-electron chi connectivity index (χ4n) is 3.52. The standard InChI is InChI=1S/C22H24ClF2N3O3/c1-14(20(29)27-17-9-10-19(18(23)12-17)31-22(24)25)28-11-5-6-15(13-28)21(30)26-16-7-3-2-4-8-16/h2-4,7-10,12,14-15,22H,5-6,11,13H2,1H3,(H,26,30)(H,27,29)/t14-,15-/m1/s1. The van der Waals surface area contributed by atoms with Crippen LogP contribution < -0.4 is 15.4 Å². The molecule has 31 heavy (non-hydrogen) atoms. The van der Waals surface area contributed by atoms with Gasteiger partial charge in [0.25, 0.3) is 0 Å². The fourth-order valence-corrected chi connectivity index (χ4v) is 3.75. The lowest BCUT2D eigenvalue weighted by Crippen LogP contribution is -2.49. The molecule has 1 aliphatic rings. The summed E-state index contributed by atoms with van der Waals surface area (Å²) in [4.78, 5) is 27.3. The van der Waals surface area contributed by atoms with E-state index in [9.17, 15) is 18.4 Å². The Balaban J connectivity index is 1.57. The van der Waals surface area contributed by atoms with Gasteiger partial charge in [0.15, 0.2) is 0 Å². The van der Waals surface area contributed by atoms with Gasteiger partial charge < -0.3 is 15.4 Å². The summed E-state index contributed by atoms with van der Waals surface area (Å²) in [6.07, 6.45) is 1.56. The summed E-state index contributed by atoms with van der Waals surface area (Å²) >= 11 is 5.94. The maximum atomic E-state index is 12.7. The maximum Gasteiger partial charge on any atom is 0.387 e. The number of alkyl halides is 2. The molecular weight excluding hydrogens is 428 g/mol. The van der Waals surface area contributed by atoms with Crippen LogP contribution in [0, 0.1) is 5.92 Å². The average molecular weight is 452 g/mol. The van der Waals surface area contributed by atoms with Crippen LogP contribution in [-0.2, 0) is 9.59 Å². The molecule has 0 saturated carbocycles. The van der Waals surface area contributed by atoms with Gasteiger partial charge in [-0.2, -0.15) is 8.78 Å². The monoisotopic (exact) mass is 451 g/mol. The molecule has 0 aliphatic carbocycles. The Morgan fingerprint density at radius 3 is 2.55 bits per heavy atom. The second kappa shape index (κ2) is 10.5. The van der Waals surface area contributed by atoms with Gasteiger partial charge in [-0.1, -0.05) is 29.8 Å².